The van der Waals surface area contributed by atoms with Gasteiger partial charge in [-0.05, 0) is 81.0 Å². The molecule has 132 valence electrons. The van der Waals surface area contributed by atoms with E-state index in [1.807, 2.05) is 99.5 Å². The van der Waals surface area contributed by atoms with Gasteiger partial charge < -0.3 is 5.11 Å². The zero-order chi connectivity index (χ0) is 18.0. The molecular weight excluding hydrogens is 372 g/mol. The van der Waals surface area contributed by atoms with Gasteiger partial charge in [-0.2, -0.15) is 0 Å². The van der Waals surface area contributed by atoms with Crippen LogP contribution in [0.5, 0.6) is 0 Å². The molecule has 0 aliphatic heterocycles. The van der Waals surface area contributed by atoms with Crippen LogP contribution in [0, 0.1) is 75.5 Å². The van der Waals surface area contributed by atoms with Crippen LogP contribution < -0.4 is 0 Å². The van der Waals surface area contributed by atoms with E-state index >= 15 is 0 Å². The van der Waals surface area contributed by atoms with Crippen molar-refractivity contribution in [1.29, 1.82) is 0 Å². The average molecular weight is 392 g/mol. The summed E-state index contributed by atoms with van der Waals surface area (Å²) in [5.41, 5.74) is 2.87. The minimum Gasteiger partial charge on any atom is -0.376 e. The van der Waals surface area contributed by atoms with Gasteiger partial charge in [0.25, 0.3) is 0 Å². The number of aliphatic hydroxyl groups excluding tert-OH is 1. The van der Waals surface area contributed by atoms with Gasteiger partial charge in [0.2, 0.25) is 0 Å². The van der Waals surface area contributed by atoms with Crippen molar-refractivity contribution >= 4 is 0 Å². The molecule has 0 saturated heterocycles. The van der Waals surface area contributed by atoms with E-state index in [0.717, 1.165) is 16.7 Å². The predicted octanol–water partition coefficient (Wildman–Crippen LogP) is 4.54. The summed E-state index contributed by atoms with van der Waals surface area (Å²) >= 11 is 0. The third-order valence-corrected chi connectivity index (χ3v) is 3.91. The van der Waals surface area contributed by atoms with Crippen LogP contribution in [0.2, 0.25) is 0 Å². The average Bonchev–Trinajstić information content (AvgIpc) is 3.44. The topological polar surface area (TPSA) is 20.2 Å². The molecule has 2 aromatic rings. The van der Waals surface area contributed by atoms with Crippen molar-refractivity contribution in [2.24, 2.45) is 0 Å². The normalized spacial score (nSPS) is 17.1. The Kier molecular flexibility index (Phi) is 9.71. The Bertz CT molecular complexity index is 694. The fourth-order valence-electron chi connectivity index (χ4n) is 2.50. The molecule has 27 heavy (non-hydrogen) atoms. The summed E-state index contributed by atoms with van der Waals surface area (Å²) in [7, 11) is 0. The molecule has 10 radical (unpaired) electrons. The maximum atomic E-state index is 10.1. The minimum absolute atomic E-state index is 0. The van der Waals surface area contributed by atoms with E-state index in [4.69, 9.17) is 0 Å². The third-order valence-electron chi connectivity index (χ3n) is 3.91. The zero-order valence-corrected chi connectivity index (χ0v) is 15.9. The van der Waals surface area contributed by atoms with E-state index in [-0.39, 0.29) is 17.1 Å². The molecule has 0 bridgehead atoms. The Hall–Kier alpha value is -1.52. The van der Waals surface area contributed by atoms with E-state index < -0.39 is 6.10 Å². The van der Waals surface area contributed by atoms with Gasteiger partial charge >= 0.3 is 17.1 Å². The quantitative estimate of drug-likeness (QED) is 0.588. The van der Waals surface area contributed by atoms with Crippen molar-refractivity contribution in [3.05, 3.63) is 135 Å². The molecular formula is C25H20FeO+2. The standard InChI is InChI=1S/C20H15O.C5H5.Fe/c21-20(15-10-16-6-2-1-3-7-16)19-13-11-18(12-14-19)17-8-4-5-9-17;1-2-4-5-3-1;/h1-9,11-14,20-21H;1-5H;/q;;+2. The summed E-state index contributed by atoms with van der Waals surface area (Å²) < 4.78 is 0. The largest absolute Gasteiger partial charge is 2.00 e. The monoisotopic (exact) mass is 392 g/mol. The van der Waals surface area contributed by atoms with E-state index in [1.165, 1.54) is 5.92 Å². The SMILES string of the molecule is OC(C#Cc1ccccc1)c1ccc([C]2[CH][CH][CH][CH]2)cc1.[CH]1[CH][CH][CH][CH]1.[Fe+2]. The summed E-state index contributed by atoms with van der Waals surface area (Å²) in [6.07, 6.45) is 17.4. The van der Waals surface area contributed by atoms with Gasteiger partial charge in [-0.25, -0.2) is 0 Å². The predicted molar refractivity (Wildman–Crippen MR) is 106 cm³/mol. The molecule has 0 heterocycles. The molecule has 1 nitrogen and oxygen atoms in total. The van der Waals surface area contributed by atoms with Gasteiger partial charge in [0.05, 0.1) is 0 Å². The minimum atomic E-state index is -0.765. The van der Waals surface area contributed by atoms with Crippen molar-refractivity contribution in [3.63, 3.8) is 0 Å². The Morgan fingerprint density at radius 1 is 0.667 bits per heavy atom. The van der Waals surface area contributed by atoms with Crippen molar-refractivity contribution in [2.45, 2.75) is 6.10 Å². The molecule has 1 atom stereocenters. The Labute approximate surface area is 175 Å². The van der Waals surface area contributed by atoms with E-state index in [1.54, 1.807) is 0 Å². The smallest absolute Gasteiger partial charge is 0.376 e. The Morgan fingerprint density at radius 2 is 1.22 bits per heavy atom. The van der Waals surface area contributed by atoms with Gasteiger partial charge in [0.1, 0.15) is 6.10 Å². The first-order valence-corrected chi connectivity index (χ1v) is 8.56. The fraction of sp³-hybridized carbons (Fsp3) is 0.0400. The molecule has 0 aromatic heterocycles. The van der Waals surface area contributed by atoms with Gasteiger partial charge in [-0.3, -0.25) is 0 Å². The number of benzene rings is 2. The molecule has 2 aliphatic rings. The number of rotatable bonds is 2. The molecule has 1 N–H and O–H groups in total. The summed E-state index contributed by atoms with van der Waals surface area (Å²) in [6, 6.07) is 17.5. The maximum absolute atomic E-state index is 10.1. The third kappa shape index (κ3) is 7.19. The van der Waals surface area contributed by atoms with Crippen LogP contribution in [-0.4, -0.2) is 5.11 Å². The van der Waals surface area contributed by atoms with Gasteiger partial charge in [-0.1, -0.05) is 54.3 Å². The van der Waals surface area contributed by atoms with Crippen LogP contribution in [-0.2, 0) is 17.1 Å². The zero-order valence-electron chi connectivity index (χ0n) is 14.8. The van der Waals surface area contributed by atoms with Crippen LogP contribution in [0.25, 0.3) is 0 Å². The Morgan fingerprint density at radius 3 is 1.78 bits per heavy atom. The molecule has 2 aliphatic carbocycles. The molecule has 2 heteroatoms. The van der Waals surface area contributed by atoms with E-state index in [9.17, 15) is 5.11 Å². The summed E-state index contributed by atoms with van der Waals surface area (Å²) in [6.45, 7) is 0. The van der Waals surface area contributed by atoms with Gasteiger partial charge in [0, 0.05) is 11.5 Å². The number of hydrogen-bond acceptors (Lipinski definition) is 1. The van der Waals surface area contributed by atoms with E-state index in [2.05, 4.69) is 24.7 Å². The molecule has 0 amide bonds. The second kappa shape index (κ2) is 12.0. The van der Waals surface area contributed by atoms with Crippen molar-refractivity contribution in [2.75, 3.05) is 0 Å². The van der Waals surface area contributed by atoms with Crippen LogP contribution in [0.1, 0.15) is 22.8 Å². The second-order valence-corrected chi connectivity index (χ2v) is 5.80. The molecule has 2 aromatic carbocycles. The van der Waals surface area contributed by atoms with E-state index in [0.29, 0.717) is 0 Å². The molecule has 1 unspecified atom stereocenters. The first-order valence-electron chi connectivity index (χ1n) is 8.56. The first-order chi connectivity index (χ1) is 12.8. The number of aliphatic hydroxyl groups is 1. The number of hydrogen-bond donors (Lipinski definition) is 1. The maximum Gasteiger partial charge on any atom is 2.00 e. The van der Waals surface area contributed by atoms with Gasteiger partial charge in [0.15, 0.2) is 0 Å². The van der Waals surface area contributed by atoms with Gasteiger partial charge in [-0.15, -0.1) is 0 Å². The van der Waals surface area contributed by atoms with Crippen LogP contribution in [0.15, 0.2) is 54.6 Å². The van der Waals surface area contributed by atoms with Crippen LogP contribution >= 0.6 is 0 Å². The second-order valence-electron chi connectivity index (χ2n) is 5.80. The molecule has 4 rings (SSSR count). The van der Waals surface area contributed by atoms with Crippen molar-refractivity contribution < 1.29 is 22.2 Å². The Balaban J connectivity index is 0.000000379. The summed E-state index contributed by atoms with van der Waals surface area (Å²) in [5.74, 6) is 7.05. The first kappa shape index (κ1) is 21.8. The molecule has 2 fully saturated rings. The fourth-order valence-corrected chi connectivity index (χ4v) is 2.50. The molecule has 2 saturated carbocycles. The summed E-state index contributed by atoms with van der Waals surface area (Å²) in [5, 5.41) is 10.1. The van der Waals surface area contributed by atoms with Crippen LogP contribution in [0.3, 0.4) is 0 Å². The van der Waals surface area contributed by atoms with Crippen molar-refractivity contribution in [3.8, 4) is 11.8 Å². The molecule has 0 spiro atoms. The summed E-state index contributed by atoms with van der Waals surface area (Å²) in [4.78, 5) is 0. The van der Waals surface area contributed by atoms with Crippen LogP contribution in [0.4, 0.5) is 0 Å². The van der Waals surface area contributed by atoms with Crippen molar-refractivity contribution in [1.82, 2.24) is 0 Å².